The first-order chi connectivity index (χ1) is 13.9. The summed E-state index contributed by atoms with van der Waals surface area (Å²) in [6.07, 6.45) is 1.96. The van der Waals surface area contributed by atoms with Crippen LogP contribution in [0.1, 0.15) is 12.8 Å². The normalized spacial score (nSPS) is 16.9. The number of nitrogens with zero attached hydrogens (tertiary/aromatic N) is 1. The van der Waals surface area contributed by atoms with Crippen LogP contribution in [0.3, 0.4) is 0 Å². The molecule has 0 aromatic heterocycles. The van der Waals surface area contributed by atoms with Crippen LogP contribution in [-0.2, 0) is 14.6 Å². The molecule has 2 N–H and O–H groups in total. The zero-order valence-electron chi connectivity index (χ0n) is 16.0. The first-order valence-electron chi connectivity index (χ1n) is 9.28. The molecule has 1 saturated heterocycles. The van der Waals surface area contributed by atoms with Crippen LogP contribution in [0.25, 0.3) is 0 Å². The molecule has 3 rings (SSSR count). The fourth-order valence-corrected chi connectivity index (χ4v) is 6.33. The molecule has 1 amide bonds. The van der Waals surface area contributed by atoms with Crippen molar-refractivity contribution in [2.24, 2.45) is 0 Å². The lowest BCUT2D eigenvalue weighted by atomic mass is 9.95. The SMILES string of the molecule is C=CCN1CCC(C(=O)NO)(S(=O)(=O)c2ccc(Sc3ccccc3)cc2)CC1. The summed E-state index contributed by atoms with van der Waals surface area (Å²) in [5.41, 5.74) is 1.58. The van der Waals surface area contributed by atoms with E-state index in [0.717, 1.165) is 9.79 Å². The van der Waals surface area contributed by atoms with Crippen LogP contribution in [-0.4, -0.2) is 48.8 Å². The van der Waals surface area contributed by atoms with Gasteiger partial charge >= 0.3 is 0 Å². The summed E-state index contributed by atoms with van der Waals surface area (Å²) in [7, 11) is -4.00. The van der Waals surface area contributed by atoms with E-state index >= 15 is 0 Å². The molecule has 2 aromatic carbocycles. The fraction of sp³-hybridized carbons (Fsp3) is 0.286. The Kier molecular flexibility index (Phi) is 6.79. The van der Waals surface area contributed by atoms with E-state index < -0.39 is 20.5 Å². The number of piperidine rings is 1. The Morgan fingerprint density at radius 3 is 2.24 bits per heavy atom. The van der Waals surface area contributed by atoms with Crippen LogP contribution < -0.4 is 5.48 Å². The standard InChI is InChI=1S/C21H24N2O4S2/c1-2-14-23-15-12-21(13-16-23,20(24)22-25)29(26,27)19-10-8-18(9-11-19)28-17-6-4-3-5-7-17/h2-11,25H,1,12-16H2,(H,22,24). The number of rotatable bonds is 7. The first-order valence-corrected chi connectivity index (χ1v) is 11.6. The van der Waals surface area contributed by atoms with E-state index in [0.29, 0.717) is 19.6 Å². The number of hydroxylamine groups is 1. The summed E-state index contributed by atoms with van der Waals surface area (Å²) < 4.78 is 25.2. The molecule has 6 nitrogen and oxygen atoms in total. The van der Waals surface area contributed by atoms with Gasteiger partial charge in [0.2, 0.25) is 0 Å². The van der Waals surface area contributed by atoms with E-state index in [1.165, 1.54) is 23.9 Å². The van der Waals surface area contributed by atoms with Gasteiger partial charge in [0.15, 0.2) is 14.6 Å². The van der Waals surface area contributed by atoms with Gasteiger partial charge in [-0.25, -0.2) is 13.9 Å². The lowest BCUT2D eigenvalue weighted by molar-refractivity contribution is -0.133. The molecule has 0 saturated carbocycles. The highest BCUT2D eigenvalue weighted by atomic mass is 32.2. The quantitative estimate of drug-likeness (QED) is 0.397. The minimum absolute atomic E-state index is 0.0793. The van der Waals surface area contributed by atoms with Crippen LogP contribution in [0.4, 0.5) is 0 Å². The van der Waals surface area contributed by atoms with Crippen molar-refractivity contribution in [2.75, 3.05) is 19.6 Å². The van der Waals surface area contributed by atoms with Crippen molar-refractivity contribution in [3.63, 3.8) is 0 Å². The zero-order valence-corrected chi connectivity index (χ0v) is 17.6. The second kappa shape index (κ2) is 9.13. The molecule has 154 valence electrons. The van der Waals surface area contributed by atoms with Gasteiger partial charge in [-0.2, -0.15) is 0 Å². The number of benzene rings is 2. The molecule has 0 aliphatic carbocycles. The average Bonchev–Trinajstić information content (AvgIpc) is 2.75. The third-order valence-electron chi connectivity index (χ3n) is 5.19. The van der Waals surface area contributed by atoms with E-state index in [4.69, 9.17) is 0 Å². The molecule has 1 fully saturated rings. The van der Waals surface area contributed by atoms with Crippen molar-refractivity contribution in [1.29, 1.82) is 0 Å². The summed E-state index contributed by atoms with van der Waals surface area (Å²) >= 11 is 1.53. The molecular formula is C21H24N2O4S2. The predicted octanol–water partition coefficient (Wildman–Crippen LogP) is 3.14. The van der Waals surface area contributed by atoms with Crippen LogP contribution in [0.2, 0.25) is 0 Å². The third kappa shape index (κ3) is 4.40. The van der Waals surface area contributed by atoms with Crippen molar-refractivity contribution in [2.45, 2.75) is 32.3 Å². The smallest absolute Gasteiger partial charge is 0.265 e. The number of hydrogen-bond donors (Lipinski definition) is 2. The number of carbonyl (C=O) groups excluding carboxylic acids is 1. The zero-order chi connectivity index (χ0) is 20.9. The van der Waals surface area contributed by atoms with E-state index in [-0.39, 0.29) is 17.7 Å². The van der Waals surface area contributed by atoms with Gasteiger partial charge in [-0.3, -0.25) is 14.9 Å². The molecule has 2 aromatic rings. The summed E-state index contributed by atoms with van der Waals surface area (Å²) in [4.78, 5) is 16.6. The molecule has 0 radical (unpaired) electrons. The van der Waals surface area contributed by atoms with E-state index in [1.54, 1.807) is 23.7 Å². The Labute approximate surface area is 175 Å². The highest BCUT2D eigenvalue weighted by Crippen LogP contribution is 2.37. The largest absolute Gasteiger partial charge is 0.300 e. The van der Waals surface area contributed by atoms with Crippen molar-refractivity contribution >= 4 is 27.5 Å². The second-order valence-electron chi connectivity index (χ2n) is 6.91. The number of carbonyl (C=O) groups is 1. The molecule has 0 bridgehead atoms. The maximum Gasteiger partial charge on any atom is 0.265 e. The molecule has 0 unspecified atom stereocenters. The minimum Gasteiger partial charge on any atom is -0.300 e. The maximum atomic E-state index is 13.4. The molecule has 0 atom stereocenters. The second-order valence-corrected chi connectivity index (χ2v) is 10.3. The number of likely N-dealkylation sites (tertiary alicyclic amines) is 1. The topological polar surface area (TPSA) is 86.7 Å². The Morgan fingerprint density at radius 2 is 1.69 bits per heavy atom. The van der Waals surface area contributed by atoms with Gasteiger partial charge in [0, 0.05) is 29.4 Å². The lowest BCUT2D eigenvalue weighted by Gasteiger charge is -2.39. The molecule has 1 aliphatic heterocycles. The van der Waals surface area contributed by atoms with Crippen molar-refractivity contribution in [3.05, 3.63) is 67.3 Å². The monoisotopic (exact) mass is 432 g/mol. The Hall–Kier alpha value is -2.13. The van der Waals surface area contributed by atoms with Crippen molar-refractivity contribution < 1.29 is 18.4 Å². The summed E-state index contributed by atoms with van der Waals surface area (Å²) in [5.74, 6) is -0.876. The third-order valence-corrected chi connectivity index (χ3v) is 8.72. The van der Waals surface area contributed by atoms with Gasteiger partial charge in [-0.15, -0.1) is 6.58 Å². The Balaban J connectivity index is 1.86. The molecule has 8 heteroatoms. The summed E-state index contributed by atoms with van der Waals surface area (Å²) in [6, 6.07) is 16.3. The van der Waals surface area contributed by atoms with E-state index in [1.807, 2.05) is 35.2 Å². The van der Waals surface area contributed by atoms with Gasteiger partial charge in [0.05, 0.1) is 4.90 Å². The van der Waals surface area contributed by atoms with Gasteiger partial charge in [-0.1, -0.05) is 36.0 Å². The lowest BCUT2D eigenvalue weighted by Crippen LogP contribution is -2.57. The summed E-state index contributed by atoms with van der Waals surface area (Å²) in [5, 5.41) is 9.24. The molecular weight excluding hydrogens is 408 g/mol. The van der Waals surface area contributed by atoms with Gasteiger partial charge in [0.1, 0.15) is 0 Å². The number of hydrogen-bond acceptors (Lipinski definition) is 6. The Morgan fingerprint density at radius 1 is 1.10 bits per heavy atom. The van der Waals surface area contributed by atoms with Gasteiger partial charge < -0.3 is 0 Å². The number of sulfone groups is 1. The highest BCUT2D eigenvalue weighted by molar-refractivity contribution is 7.99. The Bertz CT molecular complexity index is 952. The van der Waals surface area contributed by atoms with Gasteiger partial charge in [0.25, 0.3) is 5.91 Å². The highest BCUT2D eigenvalue weighted by Gasteiger charge is 2.52. The average molecular weight is 433 g/mol. The molecule has 1 heterocycles. The number of nitrogens with one attached hydrogen (secondary N) is 1. The maximum absolute atomic E-state index is 13.4. The van der Waals surface area contributed by atoms with Crippen LogP contribution >= 0.6 is 11.8 Å². The van der Waals surface area contributed by atoms with Crippen LogP contribution in [0.5, 0.6) is 0 Å². The van der Waals surface area contributed by atoms with E-state index in [2.05, 4.69) is 6.58 Å². The summed E-state index contributed by atoms with van der Waals surface area (Å²) in [6.45, 7) is 5.19. The molecule has 1 aliphatic rings. The van der Waals surface area contributed by atoms with Crippen molar-refractivity contribution in [3.8, 4) is 0 Å². The number of amides is 1. The van der Waals surface area contributed by atoms with E-state index in [9.17, 15) is 18.4 Å². The molecule has 0 spiro atoms. The predicted molar refractivity (Wildman–Crippen MR) is 113 cm³/mol. The molecule has 29 heavy (non-hydrogen) atoms. The van der Waals surface area contributed by atoms with Crippen molar-refractivity contribution in [1.82, 2.24) is 10.4 Å². The minimum atomic E-state index is -4.00. The van der Waals surface area contributed by atoms with Gasteiger partial charge in [-0.05, 0) is 49.2 Å². The first kappa shape index (κ1) is 21.6. The van der Waals surface area contributed by atoms with Crippen LogP contribution in [0, 0.1) is 0 Å². The van der Waals surface area contributed by atoms with Crippen LogP contribution in [0.15, 0.2) is 81.9 Å². The fourth-order valence-electron chi connectivity index (χ4n) is 3.54.